The molecule has 0 unspecified atom stereocenters. The maximum Gasteiger partial charge on any atom is 0.0963 e. The minimum absolute atomic E-state index is 0.609. The molecule has 0 saturated carbocycles. The Hall–Kier alpha value is -0.780. The van der Waals surface area contributed by atoms with Crippen molar-refractivity contribution in [2.75, 3.05) is 0 Å². The van der Waals surface area contributed by atoms with Crippen molar-refractivity contribution in [3.05, 3.63) is 27.5 Å². The minimum atomic E-state index is 0.609. The van der Waals surface area contributed by atoms with E-state index in [1.54, 1.807) is 11.3 Å². The van der Waals surface area contributed by atoms with Gasteiger partial charge in [0.1, 0.15) is 0 Å². The third-order valence-electron chi connectivity index (χ3n) is 1.81. The van der Waals surface area contributed by atoms with Gasteiger partial charge >= 0.3 is 0 Å². The zero-order valence-electron chi connectivity index (χ0n) is 7.60. The molecule has 0 spiro atoms. The molecular formula is C10H10ClNS. The van der Waals surface area contributed by atoms with Crippen molar-refractivity contribution in [2.24, 2.45) is 0 Å². The molecule has 3 heteroatoms. The van der Waals surface area contributed by atoms with Gasteiger partial charge in [-0.15, -0.1) is 11.3 Å². The lowest BCUT2D eigenvalue weighted by Crippen LogP contribution is -1.82. The number of hydrogen-bond acceptors (Lipinski definition) is 2. The summed E-state index contributed by atoms with van der Waals surface area (Å²) >= 11 is 7.66. The topological polar surface area (TPSA) is 23.8 Å². The molecule has 0 aromatic carbocycles. The molecule has 1 aromatic rings. The second-order valence-corrected chi connectivity index (χ2v) is 3.98. The average Bonchev–Trinajstić information content (AvgIpc) is 2.53. The van der Waals surface area contributed by atoms with Crippen LogP contribution in [0.15, 0.2) is 17.0 Å². The highest BCUT2D eigenvalue weighted by Gasteiger charge is 2.08. The third kappa shape index (κ3) is 2.12. The van der Waals surface area contributed by atoms with Crippen LogP contribution in [0.4, 0.5) is 0 Å². The maximum absolute atomic E-state index is 8.80. The van der Waals surface area contributed by atoms with Crippen molar-refractivity contribution >= 4 is 28.0 Å². The second-order valence-electron chi connectivity index (χ2n) is 2.69. The summed E-state index contributed by atoms with van der Waals surface area (Å²) in [6.07, 6.45) is 0.687. The molecule has 0 aliphatic carbocycles. The van der Waals surface area contributed by atoms with Gasteiger partial charge in [0.15, 0.2) is 0 Å². The summed E-state index contributed by atoms with van der Waals surface area (Å²) in [6, 6.07) is 4.13. The van der Waals surface area contributed by atoms with Gasteiger partial charge in [0.2, 0.25) is 0 Å². The minimum Gasteiger partial charge on any atom is -0.193 e. The number of rotatable bonds is 2. The average molecular weight is 212 g/mol. The van der Waals surface area contributed by atoms with Gasteiger partial charge in [-0.1, -0.05) is 18.5 Å². The Morgan fingerprint density at radius 2 is 2.38 bits per heavy atom. The quantitative estimate of drug-likeness (QED) is 0.680. The van der Waals surface area contributed by atoms with E-state index in [0.717, 1.165) is 10.4 Å². The molecule has 0 aliphatic rings. The van der Waals surface area contributed by atoms with E-state index in [4.69, 9.17) is 16.9 Å². The van der Waals surface area contributed by atoms with Gasteiger partial charge in [0.05, 0.1) is 11.1 Å². The van der Waals surface area contributed by atoms with Crippen LogP contribution in [0.3, 0.4) is 0 Å². The van der Waals surface area contributed by atoms with E-state index in [1.807, 2.05) is 25.3 Å². The summed E-state index contributed by atoms with van der Waals surface area (Å²) in [5, 5.41) is 11.4. The summed E-state index contributed by atoms with van der Waals surface area (Å²) in [6.45, 7) is 3.93. The van der Waals surface area contributed by atoms with Crippen LogP contribution in [0, 0.1) is 18.3 Å². The van der Waals surface area contributed by atoms with Crippen molar-refractivity contribution in [2.45, 2.75) is 20.3 Å². The highest BCUT2D eigenvalue weighted by molar-refractivity contribution is 7.12. The lowest BCUT2D eigenvalue weighted by atomic mass is 10.1. The standard InChI is InChI=1S/C10H10ClNS/c1-3-8(6-12)9(11)10-7(2)4-5-13-10/h4-5H,3H2,1-2H3/b9-8-. The number of allylic oxidation sites excluding steroid dienone is 1. The lowest BCUT2D eigenvalue weighted by Gasteiger charge is -1.99. The van der Waals surface area contributed by atoms with Gasteiger partial charge < -0.3 is 0 Å². The molecule has 0 saturated heterocycles. The number of halogens is 1. The van der Waals surface area contributed by atoms with Crippen molar-refractivity contribution in [1.29, 1.82) is 5.26 Å². The van der Waals surface area contributed by atoms with Crippen LogP contribution in [0.1, 0.15) is 23.8 Å². The molecule has 1 rings (SSSR count). The summed E-state index contributed by atoms with van der Waals surface area (Å²) in [5.41, 5.74) is 1.79. The van der Waals surface area contributed by atoms with E-state index in [1.165, 1.54) is 0 Å². The van der Waals surface area contributed by atoms with Gasteiger partial charge in [-0.25, -0.2) is 0 Å². The van der Waals surface area contributed by atoms with Crippen LogP contribution >= 0.6 is 22.9 Å². The van der Waals surface area contributed by atoms with E-state index in [-0.39, 0.29) is 0 Å². The van der Waals surface area contributed by atoms with E-state index in [2.05, 4.69) is 6.07 Å². The van der Waals surface area contributed by atoms with Gasteiger partial charge in [0, 0.05) is 10.5 Å². The van der Waals surface area contributed by atoms with Crippen LogP contribution < -0.4 is 0 Å². The predicted molar refractivity (Wildman–Crippen MR) is 57.7 cm³/mol. The largest absolute Gasteiger partial charge is 0.193 e. The normalized spacial score (nSPS) is 12.2. The Labute approximate surface area is 87.3 Å². The molecule has 1 aromatic heterocycles. The predicted octanol–water partition coefficient (Wildman–Crippen LogP) is 3.94. The van der Waals surface area contributed by atoms with Gasteiger partial charge in [-0.3, -0.25) is 0 Å². The number of thiophene rings is 1. The number of nitrogens with zero attached hydrogens (tertiary/aromatic N) is 1. The first-order chi connectivity index (χ1) is 6.20. The summed E-state index contributed by atoms with van der Waals surface area (Å²) in [5.74, 6) is 0. The zero-order chi connectivity index (χ0) is 9.84. The first-order valence-electron chi connectivity index (χ1n) is 4.04. The Balaban J connectivity index is 3.17. The van der Waals surface area contributed by atoms with Crippen LogP contribution in [0.2, 0.25) is 0 Å². The summed E-state index contributed by atoms with van der Waals surface area (Å²) in [7, 11) is 0. The fourth-order valence-corrected chi connectivity index (χ4v) is 2.37. The molecule has 0 aliphatic heterocycles. The smallest absolute Gasteiger partial charge is 0.0963 e. The van der Waals surface area contributed by atoms with E-state index >= 15 is 0 Å². The van der Waals surface area contributed by atoms with Gasteiger partial charge in [-0.05, 0) is 30.4 Å². The van der Waals surface area contributed by atoms with Crippen LogP contribution in [0.5, 0.6) is 0 Å². The highest BCUT2D eigenvalue weighted by atomic mass is 35.5. The maximum atomic E-state index is 8.80. The summed E-state index contributed by atoms with van der Waals surface area (Å²) in [4.78, 5) is 1.01. The number of hydrogen-bond donors (Lipinski definition) is 0. The zero-order valence-corrected chi connectivity index (χ0v) is 9.17. The molecule has 1 nitrogen and oxygen atoms in total. The fourth-order valence-electron chi connectivity index (χ4n) is 1.02. The molecule has 13 heavy (non-hydrogen) atoms. The van der Waals surface area contributed by atoms with E-state index in [0.29, 0.717) is 17.0 Å². The van der Waals surface area contributed by atoms with Crippen molar-refractivity contribution < 1.29 is 0 Å². The monoisotopic (exact) mass is 211 g/mol. The van der Waals surface area contributed by atoms with Gasteiger partial charge in [0.25, 0.3) is 0 Å². The molecule has 0 amide bonds. The van der Waals surface area contributed by atoms with Crippen LogP contribution in [-0.2, 0) is 0 Å². The van der Waals surface area contributed by atoms with Crippen LogP contribution in [0.25, 0.3) is 5.03 Å². The van der Waals surface area contributed by atoms with Crippen molar-refractivity contribution in [3.63, 3.8) is 0 Å². The molecule has 68 valence electrons. The Bertz CT molecular complexity index is 371. The van der Waals surface area contributed by atoms with Crippen LogP contribution in [-0.4, -0.2) is 0 Å². The molecule has 1 heterocycles. The second kappa shape index (κ2) is 4.45. The first kappa shape index (κ1) is 10.3. The molecule has 0 atom stereocenters. The molecule has 0 radical (unpaired) electrons. The van der Waals surface area contributed by atoms with E-state index < -0.39 is 0 Å². The number of nitriles is 1. The summed E-state index contributed by atoms with van der Waals surface area (Å²) < 4.78 is 0. The Morgan fingerprint density at radius 3 is 2.77 bits per heavy atom. The molecule has 0 fully saturated rings. The van der Waals surface area contributed by atoms with Crippen molar-refractivity contribution in [3.8, 4) is 6.07 Å². The molecular weight excluding hydrogens is 202 g/mol. The molecule has 0 bridgehead atoms. The van der Waals surface area contributed by atoms with Crippen molar-refractivity contribution in [1.82, 2.24) is 0 Å². The SMILES string of the molecule is CC/C(C#N)=C(/Cl)c1sccc1C. The molecule has 0 N–H and O–H groups in total. The first-order valence-corrected chi connectivity index (χ1v) is 5.29. The fraction of sp³-hybridized carbons (Fsp3) is 0.300. The van der Waals surface area contributed by atoms with Gasteiger partial charge in [-0.2, -0.15) is 5.26 Å². The Morgan fingerprint density at radius 1 is 1.69 bits per heavy atom. The van der Waals surface area contributed by atoms with E-state index in [9.17, 15) is 0 Å². The third-order valence-corrected chi connectivity index (χ3v) is 3.38. The lowest BCUT2D eigenvalue weighted by molar-refractivity contribution is 1.16. The highest BCUT2D eigenvalue weighted by Crippen LogP contribution is 2.31. The number of aryl methyl sites for hydroxylation is 1. The Kier molecular flexibility index (Phi) is 3.53.